The van der Waals surface area contributed by atoms with Gasteiger partial charge in [0.15, 0.2) is 0 Å². The van der Waals surface area contributed by atoms with E-state index >= 15 is 0 Å². The average Bonchev–Trinajstić information content (AvgIpc) is 2.69. The monoisotopic (exact) mass is 294 g/mol. The Balaban J connectivity index is 2.00. The van der Waals surface area contributed by atoms with Crippen LogP contribution in [0.2, 0.25) is 0 Å². The van der Waals surface area contributed by atoms with Gasteiger partial charge in [0.25, 0.3) is 0 Å². The van der Waals surface area contributed by atoms with Gasteiger partial charge in [-0.05, 0) is 34.6 Å². The van der Waals surface area contributed by atoms with Crippen LogP contribution in [0, 0.1) is 6.92 Å². The van der Waals surface area contributed by atoms with Crippen molar-refractivity contribution >= 4 is 11.7 Å². The minimum absolute atomic E-state index is 0.00509. The van der Waals surface area contributed by atoms with Gasteiger partial charge in [-0.1, -0.05) is 0 Å². The highest BCUT2D eigenvalue weighted by Gasteiger charge is 2.22. The van der Waals surface area contributed by atoms with Crippen molar-refractivity contribution in [1.29, 1.82) is 0 Å². The van der Waals surface area contributed by atoms with Crippen LogP contribution < -0.4 is 5.32 Å². The Labute approximate surface area is 126 Å². The van der Waals surface area contributed by atoms with Crippen molar-refractivity contribution in [3.05, 3.63) is 11.8 Å². The Bertz CT molecular complexity index is 504. The van der Waals surface area contributed by atoms with Gasteiger partial charge in [0, 0.05) is 19.2 Å². The van der Waals surface area contributed by atoms with Crippen molar-refractivity contribution in [3.8, 4) is 0 Å². The van der Waals surface area contributed by atoms with E-state index in [-0.39, 0.29) is 17.6 Å². The number of ether oxygens (including phenoxy) is 1. The molecule has 1 fully saturated rings. The van der Waals surface area contributed by atoms with Crippen molar-refractivity contribution in [1.82, 2.24) is 14.7 Å². The first-order chi connectivity index (χ1) is 9.75. The average molecular weight is 294 g/mol. The molecule has 1 saturated heterocycles. The first-order valence-electron chi connectivity index (χ1n) is 7.46. The summed E-state index contributed by atoms with van der Waals surface area (Å²) in [5.74, 6) is 0.751. The van der Waals surface area contributed by atoms with Crippen molar-refractivity contribution in [2.75, 3.05) is 31.6 Å². The fourth-order valence-corrected chi connectivity index (χ4v) is 2.52. The molecule has 6 nitrogen and oxygen atoms in total. The molecule has 0 aliphatic carbocycles. The van der Waals surface area contributed by atoms with Crippen LogP contribution in [0.4, 0.5) is 5.82 Å². The van der Waals surface area contributed by atoms with Gasteiger partial charge < -0.3 is 10.1 Å². The van der Waals surface area contributed by atoms with E-state index in [9.17, 15) is 4.79 Å². The van der Waals surface area contributed by atoms with E-state index in [2.05, 4.69) is 36.1 Å². The summed E-state index contributed by atoms with van der Waals surface area (Å²) in [6, 6.07) is 1.91. The summed E-state index contributed by atoms with van der Waals surface area (Å²) in [5.41, 5.74) is 0.741. The summed E-state index contributed by atoms with van der Waals surface area (Å²) < 4.78 is 7.35. The maximum absolute atomic E-state index is 12.2. The molecule has 2 rings (SSSR count). The van der Waals surface area contributed by atoms with E-state index < -0.39 is 0 Å². The Kier molecular flexibility index (Phi) is 4.68. The number of carbonyl (C=O) groups excluding carboxylic acids is 1. The van der Waals surface area contributed by atoms with Gasteiger partial charge in [-0.2, -0.15) is 5.10 Å². The molecule has 0 unspecified atom stereocenters. The predicted molar refractivity (Wildman–Crippen MR) is 82.4 cm³/mol. The van der Waals surface area contributed by atoms with E-state index in [4.69, 9.17) is 4.74 Å². The third-order valence-corrected chi connectivity index (χ3v) is 3.43. The van der Waals surface area contributed by atoms with Crippen LogP contribution in [0.15, 0.2) is 6.07 Å². The topological polar surface area (TPSA) is 59.4 Å². The second-order valence-corrected chi connectivity index (χ2v) is 6.72. The number of carbonyl (C=O) groups is 1. The van der Waals surface area contributed by atoms with Gasteiger partial charge in [0.1, 0.15) is 5.82 Å². The first kappa shape index (κ1) is 16.0. The zero-order valence-corrected chi connectivity index (χ0v) is 13.6. The van der Waals surface area contributed by atoms with E-state index in [1.165, 1.54) is 0 Å². The quantitative estimate of drug-likeness (QED) is 0.920. The molecule has 21 heavy (non-hydrogen) atoms. The molecule has 1 amide bonds. The molecular formula is C15H26N4O2. The lowest BCUT2D eigenvalue weighted by Crippen LogP contribution is -2.44. The normalized spacial score (nSPS) is 20.5. The molecule has 0 bridgehead atoms. The molecule has 1 aromatic rings. The van der Waals surface area contributed by atoms with Crippen molar-refractivity contribution in [3.63, 3.8) is 0 Å². The molecule has 0 radical (unpaired) electrons. The summed E-state index contributed by atoms with van der Waals surface area (Å²) in [6.45, 7) is 12.8. The Hall–Kier alpha value is -1.40. The maximum atomic E-state index is 12.2. The molecule has 1 N–H and O–H groups in total. The molecule has 0 spiro atoms. The minimum Gasteiger partial charge on any atom is -0.376 e. The highest BCUT2D eigenvalue weighted by atomic mass is 16.5. The number of aryl methyl sites for hydroxylation is 1. The number of rotatable bonds is 3. The molecule has 118 valence electrons. The summed E-state index contributed by atoms with van der Waals surface area (Å²) in [5, 5.41) is 7.44. The second-order valence-electron chi connectivity index (χ2n) is 6.72. The summed E-state index contributed by atoms with van der Waals surface area (Å²) >= 11 is 0. The zero-order chi connectivity index (χ0) is 15.6. The van der Waals surface area contributed by atoms with Gasteiger partial charge in [-0.3, -0.25) is 9.69 Å². The SMILES string of the molecule is Cc1cc(NC(=O)CN2CCO[C@@H](C)C2)n(C(C)(C)C)n1. The van der Waals surface area contributed by atoms with Crippen LogP contribution in [-0.4, -0.2) is 52.9 Å². The number of nitrogens with one attached hydrogen (secondary N) is 1. The molecule has 0 aromatic carbocycles. The summed E-state index contributed by atoms with van der Waals surface area (Å²) in [7, 11) is 0. The van der Waals surface area contributed by atoms with Gasteiger partial charge in [-0.15, -0.1) is 0 Å². The molecule has 1 aliphatic rings. The van der Waals surface area contributed by atoms with Crippen molar-refractivity contribution in [2.24, 2.45) is 0 Å². The van der Waals surface area contributed by atoms with Gasteiger partial charge >= 0.3 is 0 Å². The fraction of sp³-hybridized carbons (Fsp3) is 0.733. The largest absolute Gasteiger partial charge is 0.376 e. The lowest BCUT2D eigenvalue weighted by atomic mass is 10.1. The van der Waals surface area contributed by atoms with E-state index in [0.717, 1.165) is 24.6 Å². The number of hydrogen-bond donors (Lipinski definition) is 1. The molecule has 1 aromatic heterocycles. The summed E-state index contributed by atoms with van der Waals surface area (Å²) in [4.78, 5) is 14.4. The number of nitrogens with zero attached hydrogens (tertiary/aromatic N) is 3. The van der Waals surface area contributed by atoms with Crippen LogP contribution in [0.5, 0.6) is 0 Å². The standard InChI is InChI=1S/C15H26N4O2/c1-11-8-13(19(17-11)15(3,4)5)16-14(20)10-18-6-7-21-12(2)9-18/h8,12H,6-7,9-10H2,1-5H3,(H,16,20)/t12-/m0/s1. The third kappa shape index (κ3) is 4.28. The lowest BCUT2D eigenvalue weighted by molar-refractivity contribution is -0.119. The van der Waals surface area contributed by atoms with Gasteiger partial charge in [-0.25, -0.2) is 4.68 Å². The number of anilines is 1. The number of morpholine rings is 1. The van der Waals surface area contributed by atoms with Crippen molar-refractivity contribution in [2.45, 2.75) is 46.3 Å². The second kappa shape index (κ2) is 6.15. The third-order valence-electron chi connectivity index (χ3n) is 3.43. The summed E-state index contributed by atoms with van der Waals surface area (Å²) in [6.07, 6.45) is 0.189. The van der Waals surface area contributed by atoms with E-state index in [1.807, 2.05) is 24.6 Å². The number of aromatic nitrogens is 2. The van der Waals surface area contributed by atoms with Gasteiger partial charge in [0.2, 0.25) is 5.91 Å². The number of hydrogen-bond acceptors (Lipinski definition) is 4. The zero-order valence-electron chi connectivity index (χ0n) is 13.6. The number of amides is 1. The minimum atomic E-state index is -0.162. The molecule has 0 saturated carbocycles. The van der Waals surface area contributed by atoms with Crippen LogP contribution >= 0.6 is 0 Å². The van der Waals surface area contributed by atoms with Gasteiger partial charge in [0.05, 0.1) is 30.5 Å². The molecule has 1 atom stereocenters. The predicted octanol–water partition coefficient (Wildman–Crippen LogP) is 1.61. The molecule has 1 aliphatic heterocycles. The Morgan fingerprint density at radius 2 is 2.24 bits per heavy atom. The van der Waals surface area contributed by atoms with E-state index in [1.54, 1.807) is 0 Å². The highest BCUT2D eigenvalue weighted by Crippen LogP contribution is 2.21. The lowest BCUT2D eigenvalue weighted by Gasteiger charge is -2.30. The van der Waals surface area contributed by atoms with Crippen LogP contribution in [0.25, 0.3) is 0 Å². The highest BCUT2D eigenvalue weighted by molar-refractivity contribution is 5.91. The smallest absolute Gasteiger partial charge is 0.239 e. The first-order valence-corrected chi connectivity index (χ1v) is 7.46. The molecule has 6 heteroatoms. The molecular weight excluding hydrogens is 268 g/mol. The van der Waals surface area contributed by atoms with Crippen LogP contribution in [-0.2, 0) is 15.1 Å². The Morgan fingerprint density at radius 1 is 1.52 bits per heavy atom. The van der Waals surface area contributed by atoms with E-state index in [0.29, 0.717) is 13.2 Å². The van der Waals surface area contributed by atoms with Crippen LogP contribution in [0.3, 0.4) is 0 Å². The maximum Gasteiger partial charge on any atom is 0.239 e. The van der Waals surface area contributed by atoms with Crippen LogP contribution in [0.1, 0.15) is 33.4 Å². The van der Waals surface area contributed by atoms with Crippen molar-refractivity contribution < 1.29 is 9.53 Å². The molecule has 2 heterocycles. The Morgan fingerprint density at radius 3 is 2.86 bits per heavy atom. The fourth-order valence-electron chi connectivity index (χ4n) is 2.52.